The third-order valence-corrected chi connectivity index (χ3v) is 4.03. The summed E-state index contributed by atoms with van der Waals surface area (Å²) in [7, 11) is 0. The first-order valence-corrected chi connectivity index (χ1v) is 7.26. The topological polar surface area (TPSA) is 68.2 Å². The van der Waals surface area contributed by atoms with E-state index < -0.39 is 0 Å². The first-order chi connectivity index (χ1) is 10.3. The molecule has 3 aromatic rings. The van der Waals surface area contributed by atoms with Gasteiger partial charge in [-0.2, -0.15) is 4.98 Å². The number of fused-ring (bicyclic) bond motifs is 2. The van der Waals surface area contributed by atoms with E-state index in [1.165, 1.54) is 11.1 Å². The van der Waals surface area contributed by atoms with E-state index in [4.69, 9.17) is 5.73 Å². The maximum atomic E-state index is 5.88. The number of nitrogens with two attached hydrogens (primary N) is 1. The van der Waals surface area contributed by atoms with Gasteiger partial charge in [0.05, 0.1) is 6.04 Å². The molecule has 2 heterocycles. The van der Waals surface area contributed by atoms with Crippen LogP contribution in [0, 0.1) is 0 Å². The molecule has 3 N–H and O–H groups in total. The highest BCUT2D eigenvalue weighted by atomic mass is 15.3. The summed E-state index contributed by atoms with van der Waals surface area (Å²) in [5.41, 5.74) is 10.2. The Morgan fingerprint density at radius 3 is 3.10 bits per heavy atom. The van der Waals surface area contributed by atoms with E-state index in [2.05, 4.69) is 27.5 Å². The number of hydrogen-bond donors (Lipinski definition) is 2. The number of aryl methyl sites for hydroxylation is 1. The second-order valence-electron chi connectivity index (χ2n) is 5.49. The van der Waals surface area contributed by atoms with Crippen molar-refractivity contribution in [1.82, 2.24) is 14.6 Å². The standard InChI is InChI=1S/C16H17N5/c17-12-7-8-13-11(10-12)4-3-5-14(13)18-16-19-15-6-1-2-9-21(15)20-16/h1-2,6-10,14H,3-5,17H2,(H,18,20). The Labute approximate surface area is 122 Å². The summed E-state index contributed by atoms with van der Waals surface area (Å²) in [5, 5.41) is 7.93. The summed E-state index contributed by atoms with van der Waals surface area (Å²) in [6.45, 7) is 0. The Morgan fingerprint density at radius 1 is 1.24 bits per heavy atom. The molecule has 0 fully saturated rings. The second kappa shape index (κ2) is 4.77. The van der Waals surface area contributed by atoms with Crippen LogP contribution < -0.4 is 11.1 Å². The molecule has 0 bridgehead atoms. The number of nitrogen functional groups attached to an aromatic ring is 1. The minimum absolute atomic E-state index is 0.256. The molecule has 0 saturated heterocycles. The molecule has 1 atom stereocenters. The number of hydrogen-bond acceptors (Lipinski definition) is 4. The zero-order valence-electron chi connectivity index (χ0n) is 11.7. The molecule has 0 amide bonds. The molecule has 0 spiro atoms. The Balaban J connectivity index is 1.66. The van der Waals surface area contributed by atoms with E-state index in [0.29, 0.717) is 5.95 Å². The minimum atomic E-state index is 0.256. The van der Waals surface area contributed by atoms with E-state index in [-0.39, 0.29) is 6.04 Å². The third-order valence-electron chi connectivity index (χ3n) is 4.03. The summed E-state index contributed by atoms with van der Waals surface area (Å²) < 4.78 is 1.79. The van der Waals surface area contributed by atoms with Crippen molar-refractivity contribution in [2.75, 3.05) is 11.1 Å². The lowest BCUT2D eigenvalue weighted by Crippen LogP contribution is -2.18. The minimum Gasteiger partial charge on any atom is -0.399 e. The van der Waals surface area contributed by atoms with Gasteiger partial charge in [0.25, 0.3) is 0 Å². The first-order valence-electron chi connectivity index (χ1n) is 7.26. The van der Waals surface area contributed by atoms with Crippen LogP contribution in [0.5, 0.6) is 0 Å². The first kappa shape index (κ1) is 12.2. The van der Waals surface area contributed by atoms with E-state index >= 15 is 0 Å². The molecule has 0 aliphatic heterocycles. The number of benzene rings is 1. The van der Waals surface area contributed by atoms with Crippen LogP contribution in [0.25, 0.3) is 5.65 Å². The van der Waals surface area contributed by atoms with Gasteiger partial charge in [0.15, 0.2) is 5.65 Å². The van der Waals surface area contributed by atoms with Crippen molar-refractivity contribution in [3.63, 3.8) is 0 Å². The van der Waals surface area contributed by atoms with Crippen LogP contribution in [0.4, 0.5) is 11.6 Å². The summed E-state index contributed by atoms with van der Waals surface area (Å²) in [6, 6.07) is 12.3. The fourth-order valence-electron chi connectivity index (χ4n) is 3.03. The van der Waals surface area contributed by atoms with E-state index in [0.717, 1.165) is 30.6 Å². The number of aromatic nitrogens is 3. The lowest BCUT2D eigenvalue weighted by molar-refractivity contribution is 0.596. The number of rotatable bonds is 2. The van der Waals surface area contributed by atoms with Gasteiger partial charge in [-0.25, -0.2) is 4.52 Å². The van der Waals surface area contributed by atoms with E-state index in [9.17, 15) is 0 Å². The largest absolute Gasteiger partial charge is 0.399 e. The Kier molecular flexibility index (Phi) is 2.77. The van der Waals surface area contributed by atoms with Gasteiger partial charge < -0.3 is 11.1 Å². The van der Waals surface area contributed by atoms with Gasteiger partial charge in [0.1, 0.15) is 0 Å². The van der Waals surface area contributed by atoms with E-state index in [1.54, 1.807) is 4.52 Å². The summed E-state index contributed by atoms with van der Waals surface area (Å²) in [6.07, 6.45) is 5.24. The molecule has 2 aromatic heterocycles. The fourth-order valence-corrected chi connectivity index (χ4v) is 3.03. The van der Waals surface area contributed by atoms with Gasteiger partial charge >= 0.3 is 0 Å². The smallest absolute Gasteiger partial charge is 0.243 e. The van der Waals surface area contributed by atoms with Gasteiger partial charge in [-0.05, 0) is 54.7 Å². The van der Waals surface area contributed by atoms with Crippen LogP contribution >= 0.6 is 0 Å². The van der Waals surface area contributed by atoms with Crippen molar-refractivity contribution in [3.8, 4) is 0 Å². The van der Waals surface area contributed by atoms with Crippen LogP contribution in [-0.4, -0.2) is 14.6 Å². The molecular weight excluding hydrogens is 262 g/mol. The zero-order valence-corrected chi connectivity index (χ0v) is 11.7. The third kappa shape index (κ3) is 2.20. The predicted molar refractivity (Wildman–Crippen MR) is 83.1 cm³/mol. The molecule has 1 aliphatic carbocycles. The molecule has 0 saturated carbocycles. The van der Waals surface area contributed by atoms with Crippen molar-refractivity contribution in [1.29, 1.82) is 0 Å². The molecule has 21 heavy (non-hydrogen) atoms. The van der Waals surface area contributed by atoms with Crippen molar-refractivity contribution < 1.29 is 0 Å². The lowest BCUT2D eigenvalue weighted by Gasteiger charge is -2.26. The summed E-state index contributed by atoms with van der Waals surface area (Å²) in [4.78, 5) is 4.51. The number of nitrogens with one attached hydrogen (secondary N) is 1. The average molecular weight is 279 g/mol. The highest BCUT2D eigenvalue weighted by Gasteiger charge is 2.21. The van der Waals surface area contributed by atoms with Crippen LogP contribution in [0.2, 0.25) is 0 Å². The average Bonchev–Trinajstić information content (AvgIpc) is 2.89. The molecular formula is C16H17N5. The SMILES string of the molecule is Nc1ccc2c(c1)CCCC2Nc1nc2ccccn2n1. The number of pyridine rings is 1. The maximum Gasteiger partial charge on any atom is 0.243 e. The molecule has 1 aromatic carbocycles. The van der Waals surface area contributed by atoms with Crippen molar-refractivity contribution >= 4 is 17.3 Å². The van der Waals surface area contributed by atoms with Crippen molar-refractivity contribution in [2.24, 2.45) is 0 Å². The van der Waals surface area contributed by atoms with Crippen LogP contribution in [-0.2, 0) is 6.42 Å². The molecule has 5 heteroatoms. The lowest BCUT2D eigenvalue weighted by atomic mass is 9.87. The van der Waals surface area contributed by atoms with Gasteiger partial charge in [-0.3, -0.25) is 0 Å². The molecule has 5 nitrogen and oxygen atoms in total. The maximum absolute atomic E-state index is 5.88. The highest BCUT2D eigenvalue weighted by Crippen LogP contribution is 2.32. The monoisotopic (exact) mass is 279 g/mol. The molecule has 0 radical (unpaired) electrons. The van der Waals surface area contributed by atoms with Crippen LogP contribution in [0.3, 0.4) is 0 Å². The van der Waals surface area contributed by atoms with Gasteiger partial charge in [0, 0.05) is 11.9 Å². The van der Waals surface area contributed by atoms with Crippen molar-refractivity contribution in [3.05, 3.63) is 53.7 Å². The van der Waals surface area contributed by atoms with Gasteiger partial charge in [0.2, 0.25) is 5.95 Å². The predicted octanol–water partition coefficient (Wildman–Crippen LogP) is 2.80. The molecule has 106 valence electrons. The zero-order chi connectivity index (χ0) is 14.2. The Morgan fingerprint density at radius 2 is 2.19 bits per heavy atom. The van der Waals surface area contributed by atoms with Crippen LogP contribution in [0.1, 0.15) is 30.0 Å². The molecule has 1 unspecified atom stereocenters. The van der Waals surface area contributed by atoms with Gasteiger partial charge in [-0.15, -0.1) is 5.10 Å². The number of anilines is 2. The Bertz CT molecular complexity index is 759. The molecule has 4 rings (SSSR count). The highest BCUT2D eigenvalue weighted by molar-refractivity contribution is 5.49. The normalized spacial score (nSPS) is 17.6. The summed E-state index contributed by atoms with van der Waals surface area (Å²) in [5.74, 6) is 0.677. The second-order valence-corrected chi connectivity index (χ2v) is 5.49. The van der Waals surface area contributed by atoms with Crippen LogP contribution in [0.15, 0.2) is 42.6 Å². The summed E-state index contributed by atoms with van der Waals surface area (Å²) >= 11 is 0. The van der Waals surface area contributed by atoms with Gasteiger partial charge in [-0.1, -0.05) is 12.1 Å². The van der Waals surface area contributed by atoms with Crippen molar-refractivity contribution in [2.45, 2.75) is 25.3 Å². The fraction of sp³-hybridized carbons (Fsp3) is 0.250. The molecule has 1 aliphatic rings. The van der Waals surface area contributed by atoms with E-state index in [1.807, 2.05) is 30.5 Å². The Hall–Kier alpha value is -2.56. The quantitative estimate of drug-likeness (QED) is 0.708. The number of nitrogens with zero attached hydrogens (tertiary/aromatic N) is 3.